The first-order valence-corrected chi connectivity index (χ1v) is 10.8. The average Bonchev–Trinajstić information content (AvgIpc) is 3.35. The molecule has 1 aromatic heterocycles. The molecule has 0 unspecified atom stereocenters. The minimum absolute atomic E-state index is 0.0532. The van der Waals surface area contributed by atoms with Crippen molar-refractivity contribution in [3.05, 3.63) is 75.2 Å². The van der Waals surface area contributed by atoms with Crippen molar-refractivity contribution in [2.24, 2.45) is 0 Å². The number of carbonyl (C=O) groups excluding carboxylic acids is 3. The lowest BCUT2D eigenvalue weighted by Crippen LogP contribution is -2.29. The summed E-state index contributed by atoms with van der Waals surface area (Å²) < 4.78 is 10.7. The minimum Gasteiger partial charge on any atom is -0.494 e. The molecule has 1 aliphatic rings. The highest BCUT2D eigenvalue weighted by Crippen LogP contribution is 2.30. The Morgan fingerprint density at radius 3 is 2.45 bits per heavy atom. The molecule has 0 atom stereocenters. The molecule has 4 rings (SSSR count). The maximum atomic E-state index is 12.9. The van der Waals surface area contributed by atoms with Crippen LogP contribution in [0.3, 0.4) is 0 Å². The lowest BCUT2D eigenvalue weighted by Gasteiger charge is -2.14. The Hall–Kier alpha value is -3.52. The van der Waals surface area contributed by atoms with Crippen LogP contribution in [0.25, 0.3) is 0 Å². The first-order chi connectivity index (χ1) is 15.0. The zero-order valence-electron chi connectivity index (χ0n) is 17.1. The summed E-state index contributed by atoms with van der Waals surface area (Å²) in [5.41, 5.74) is 1.76. The number of fused-ring (bicyclic) bond motifs is 1. The zero-order valence-corrected chi connectivity index (χ0v) is 17.9. The van der Waals surface area contributed by atoms with E-state index in [2.05, 4.69) is 4.98 Å². The van der Waals surface area contributed by atoms with E-state index in [1.54, 1.807) is 24.3 Å². The third-order valence-electron chi connectivity index (χ3n) is 4.78. The molecule has 31 heavy (non-hydrogen) atoms. The van der Waals surface area contributed by atoms with Crippen LogP contribution in [0, 0.1) is 0 Å². The molecule has 1 aliphatic heterocycles. The second-order valence-electron chi connectivity index (χ2n) is 6.80. The van der Waals surface area contributed by atoms with Gasteiger partial charge in [-0.15, -0.1) is 11.3 Å². The number of rotatable bonds is 7. The zero-order chi connectivity index (χ0) is 22.0. The number of aryl methyl sites for hydroxylation is 1. The van der Waals surface area contributed by atoms with Gasteiger partial charge in [0.05, 0.1) is 39.7 Å². The molecule has 0 saturated carbocycles. The molecule has 8 heteroatoms. The summed E-state index contributed by atoms with van der Waals surface area (Å²) in [6, 6.07) is 11.1. The summed E-state index contributed by atoms with van der Waals surface area (Å²) >= 11 is 1.52. The molecule has 0 fully saturated rings. The van der Waals surface area contributed by atoms with Gasteiger partial charge in [-0.25, -0.2) is 14.7 Å². The number of thiazole rings is 1. The lowest BCUT2D eigenvalue weighted by molar-refractivity contribution is 0.0468. The first kappa shape index (κ1) is 20.7. The second-order valence-corrected chi connectivity index (χ2v) is 7.74. The van der Waals surface area contributed by atoms with Crippen LogP contribution in [0.15, 0.2) is 47.8 Å². The Kier molecular flexibility index (Phi) is 5.81. The molecular weight excluding hydrogens is 416 g/mol. The Bertz CT molecular complexity index is 1150. The fourth-order valence-electron chi connectivity index (χ4n) is 3.26. The van der Waals surface area contributed by atoms with Gasteiger partial charge in [0.2, 0.25) is 0 Å². The number of ether oxygens (including phenoxy) is 2. The molecule has 0 spiro atoms. The maximum Gasteiger partial charge on any atom is 0.338 e. The fraction of sp³-hybridized carbons (Fsp3) is 0.217. The van der Waals surface area contributed by atoms with Crippen LogP contribution in [0.1, 0.15) is 55.6 Å². The Morgan fingerprint density at radius 1 is 1.03 bits per heavy atom. The maximum absolute atomic E-state index is 12.9. The topological polar surface area (TPSA) is 85.8 Å². The van der Waals surface area contributed by atoms with E-state index in [9.17, 15) is 14.4 Å². The smallest absolute Gasteiger partial charge is 0.338 e. The predicted molar refractivity (Wildman–Crippen MR) is 116 cm³/mol. The number of nitrogens with zero attached hydrogens (tertiary/aromatic N) is 2. The van der Waals surface area contributed by atoms with Crippen molar-refractivity contribution in [1.82, 2.24) is 4.98 Å². The van der Waals surface area contributed by atoms with Gasteiger partial charge >= 0.3 is 5.97 Å². The number of amides is 2. The van der Waals surface area contributed by atoms with E-state index >= 15 is 0 Å². The lowest BCUT2D eigenvalue weighted by atomic mass is 10.1. The molecular formula is C23H20N2O5S. The van der Waals surface area contributed by atoms with E-state index in [4.69, 9.17) is 9.47 Å². The Morgan fingerprint density at radius 2 is 1.77 bits per heavy atom. The van der Waals surface area contributed by atoms with E-state index in [1.165, 1.54) is 29.5 Å². The molecule has 0 radical (unpaired) electrons. The van der Waals surface area contributed by atoms with Gasteiger partial charge < -0.3 is 9.47 Å². The van der Waals surface area contributed by atoms with Gasteiger partial charge in [0.1, 0.15) is 12.4 Å². The number of aromatic nitrogens is 1. The highest BCUT2D eigenvalue weighted by Gasteiger charge is 2.37. The van der Waals surface area contributed by atoms with Crippen LogP contribution < -0.4 is 9.64 Å². The van der Waals surface area contributed by atoms with Crippen LogP contribution in [0.2, 0.25) is 0 Å². The normalized spacial score (nSPS) is 12.8. The van der Waals surface area contributed by atoms with E-state index in [0.29, 0.717) is 23.7 Å². The van der Waals surface area contributed by atoms with Crippen molar-refractivity contribution in [2.45, 2.75) is 26.9 Å². The molecule has 2 aromatic carbocycles. The SMILES string of the molecule is CCOc1ccc(N2C(=O)c3ccc(C(=O)OCc4csc(CC)n4)cc3C2=O)cc1. The summed E-state index contributed by atoms with van der Waals surface area (Å²) in [6.45, 7) is 4.46. The van der Waals surface area contributed by atoms with Gasteiger partial charge in [-0.3, -0.25) is 9.59 Å². The van der Waals surface area contributed by atoms with Gasteiger partial charge in [-0.1, -0.05) is 6.92 Å². The van der Waals surface area contributed by atoms with Crippen molar-refractivity contribution in [3.63, 3.8) is 0 Å². The molecule has 0 N–H and O–H groups in total. The molecule has 2 amide bonds. The van der Waals surface area contributed by atoms with Gasteiger partial charge in [-0.05, 0) is 55.8 Å². The fourth-order valence-corrected chi connectivity index (χ4v) is 3.99. The summed E-state index contributed by atoms with van der Waals surface area (Å²) in [7, 11) is 0. The van der Waals surface area contributed by atoms with Gasteiger partial charge in [0, 0.05) is 5.38 Å². The first-order valence-electron chi connectivity index (χ1n) is 9.88. The highest BCUT2D eigenvalue weighted by molar-refractivity contribution is 7.09. The predicted octanol–water partition coefficient (Wildman–Crippen LogP) is 4.26. The van der Waals surface area contributed by atoms with Gasteiger partial charge in [-0.2, -0.15) is 0 Å². The van der Waals surface area contributed by atoms with Crippen molar-refractivity contribution in [3.8, 4) is 5.75 Å². The van der Waals surface area contributed by atoms with Crippen LogP contribution >= 0.6 is 11.3 Å². The molecule has 158 valence electrons. The van der Waals surface area contributed by atoms with Crippen LogP contribution in [-0.2, 0) is 17.8 Å². The van der Waals surface area contributed by atoms with E-state index in [-0.39, 0.29) is 23.3 Å². The average molecular weight is 436 g/mol. The number of benzene rings is 2. The quantitative estimate of drug-likeness (QED) is 0.406. The van der Waals surface area contributed by atoms with E-state index < -0.39 is 17.8 Å². The van der Waals surface area contributed by atoms with Crippen molar-refractivity contribution in [1.29, 1.82) is 0 Å². The van der Waals surface area contributed by atoms with Gasteiger partial charge in [0.25, 0.3) is 11.8 Å². The molecule has 2 heterocycles. The third kappa shape index (κ3) is 4.06. The largest absolute Gasteiger partial charge is 0.494 e. The summed E-state index contributed by atoms with van der Waals surface area (Å²) in [5.74, 6) is -0.836. The number of hydrogen-bond donors (Lipinski definition) is 0. The van der Waals surface area contributed by atoms with Crippen molar-refractivity contribution in [2.75, 3.05) is 11.5 Å². The second kappa shape index (κ2) is 8.69. The molecule has 7 nitrogen and oxygen atoms in total. The number of carbonyl (C=O) groups is 3. The molecule has 0 bridgehead atoms. The summed E-state index contributed by atoms with van der Waals surface area (Å²) in [6.07, 6.45) is 0.824. The molecule has 3 aromatic rings. The number of anilines is 1. The van der Waals surface area contributed by atoms with Crippen molar-refractivity contribution >= 4 is 34.8 Å². The number of esters is 1. The highest BCUT2D eigenvalue weighted by atomic mass is 32.1. The Balaban J connectivity index is 1.51. The minimum atomic E-state index is -0.575. The molecule has 0 saturated heterocycles. The number of imide groups is 1. The Labute approximate surface area is 183 Å². The van der Waals surface area contributed by atoms with Crippen LogP contribution in [0.5, 0.6) is 5.75 Å². The standard InChI is InChI=1S/C23H20N2O5S/c1-3-20-24-15(13-31-20)12-30-23(28)14-5-10-18-19(11-14)22(27)25(21(18)26)16-6-8-17(9-7-16)29-4-2/h5-11,13H,3-4,12H2,1-2H3. The van der Waals surface area contributed by atoms with E-state index in [1.807, 2.05) is 19.2 Å². The van der Waals surface area contributed by atoms with Crippen molar-refractivity contribution < 1.29 is 23.9 Å². The van der Waals surface area contributed by atoms with Gasteiger partial charge in [0.15, 0.2) is 0 Å². The van der Waals surface area contributed by atoms with Crippen LogP contribution in [-0.4, -0.2) is 29.4 Å². The summed E-state index contributed by atoms with van der Waals surface area (Å²) in [4.78, 5) is 43.6. The number of hydrogen-bond acceptors (Lipinski definition) is 7. The van der Waals surface area contributed by atoms with E-state index in [0.717, 1.165) is 16.3 Å². The third-order valence-corrected chi connectivity index (χ3v) is 5.82. The summed E-state index contributed by atoms with van der Waals surface area (Å²) in [5, 5.41) is 2.83. The van der Waals surface area contributed by atoms with Crippen LogP contribution in [0.4, 0.5) is 5.69 Å². The molecule has 0 aliphatic carbocycles. The monoisotopic (exact) mass is 436 g/mol.